The molecule has 2 aromatic carbocycles. The Kier molecular flexibility index (Phi) is 6.82. The molecule has 2 aliphatic heterocycles. The highest BCUT2D eigenvalue weighted by Gasteiger charge is 2.34. The molecular formula is C26H33N3O4S. The van der Waals surface area contributed by atoms with Crippen molar-refractivity contribution in [1.29, 1.82) is 0 Å². The van der Waals surface area contributed by atoms with Gasteiger partial charge in [0.05, 0.1) is 4.90 Å². The minimum atomic E-state index is -3.63. The Morgan fingerprint density at radius 2 is 1.62 bits per heavy atom. The molecule has 1 N–H and O–H groups in total. The molecule has 2 aromatic rings. The number of carbonyl (C=O) groups is 2. The van der Waals surface area contributed by atoms with Crippen molar-refractivity contribution in [3.63, 3.8) is 0 Å². The van der Waals surface area contributed by atoms with Crippen molar-refractivity contribution >= 4 is 33.2 Å². The van der Waals surface area contributed by atoms with Crippen LogP contribution in [-0.4, -0.2) is 44.2 Å². The van der Waals surface area contributed by atoms with Crippen LogP contribution in [0.5, 0.6) is 0 Å². The van der Waals surface area contributed by atoms with Gasteiger partial charge in [0, 0.05) is 43.3 Å². The molecule has 0 atom stereocenters. The van der Waals surface area contributed by atoms with Crippen LogP contribution in [0.2, 0.25) is 0 Å². The molecule has 2 amide bonds. The Hall–Kier alpha value is -2.71. The second kappa shape index (κ2) is 9.50. The van der Waals surface area contributed by atoms with Gasteiger partial charge in [-0.3, -0.25) is 9.59 Å². The predicted octanol–water partition coefficient (Wildman–Crippen LogP) is 4.09. The second-order valence-corrected chi connectivity index (χ2v) is 11.3. The van der Waals surface area contributed by atoms with E-state index >= 15 is 0 Å². The summed E-state index contributed by atoms with van der Waals surface area (Å²) in [5.41, 5.74) is 4.96. The van der Waals surface area contributed by atoms with Gasteiger partial charge in [-0.15, -0.1) is 0 Å². The molecule has 0 aromatic heterocycles. The van der Waals surface area contributed by atoms with Crippen LogP contribution < -0.4 is 10.2 Å². The van der Waals surface area contributed by atoms with Crippen molar-refractivity contribution in [3.8, 4) is 0 Å². The number of sulfonamides is 1. The molecule has 0 radical (unpaired) electrons. The number of anilines is 2. The van der Waals surface area contributed by atoms with Crippen molar-refractivity contribution in [3.05, 3.63) is 52.6 Å². The smallest absolute Gasteiger partial charge is 0.243 e. The summed E-state index contributed by atoms with van der Waals surface area (Å²) < 4.78 is 28.5. The normalized spacial score (nSPS) is 17.9. The van der Waals surface area contributed by atoms with E-state index in [0.29, 0.717) is 49.5 Å². The third-order valence-electron chi connectivity index (χ3n) is 7.22. The monoisotopic (exact) mass is 483 g/mol. The molecule has 2 saturated heterocycles. The highest BCUT2D eigenvalue weighted by Crippen LogP contribution is 2.32. The molecule has 4 rings (SSSR count). The van der Waals surface area contributed by atoms with Crippen molar-refractivity contribution in [1.82, 2.24) is 4.31 Å². The van der Waals surface area contributed by atoms with E-state index in [1.807, 2.05) is 58.0 Å². The van der Waals surface area contributed by atoms with Gasteiger partial charge in [0.25, 0.3) is 0 Å². The van der Waals surface area contributed by atoms with Crippen molar-refractivity contribution in [2.24, 2.45) is 5.92 Å². The lowest BCUT2D eigenvalue weighted by atomic mass is 9.97. The molecule has 0 aliphatic carbocycles. The number of benzene rings is 2. The van der Waals surface area contributed by atoms with Gasteiger partial charge in [-0.2, -0.15) is 4.31 Å². The van der Waals surface area contributed by atoms with Crippen LogP contribution >= 0.6 is 0 Å². The zero-order valence-electron chi connectivity index (χ0n) is 20.3. The molecule has 0 spiro atoms. The summed E-state index contributed by atoms with van der Waals surface area (Å²) in [7, 11) is -3.63. The maximum Gasteiger partial charge on any atom is 0.243 e. The summed E-state index contributed by atoms with van der Waals surface area (Å²) in [5.74, 6) is -0.267. The largest absolute Gasteiger partial charge is 0.326 e. The maximum atomic E-state index is 13.5. The molecule has 182 valence electrons. The Morgan fingerprint density at radius 3 is 2.21 bits per heavy atom. The van der Waals surface area contributed by atoms with E-state index < -0.39 is 10.0 Å². The van der Waals surface area contributed by atoms with Crippen molar-refractivity contribution in [2.75, 3.05) is 29.9 Å². The van der Waals surface area contributed by atoms with Crippen LogP contribution in [0.4, 0.5) is 11.4 Å². The Balaban J connectivity index is 1.43. The van der Waals surface area contributed by atoms with E-state index in [4.69, 9.17) is 0 Å². The highest BCUT2D eigenvalue weighted by atomic mass is 32.2. The number of carbonyl (C=O) groups excluding carboxylic acids is 2. The lowest BCUT2D eigenvalue weighted by Gasteiger charge is -2.32. The average Bonchev–Trinajstić information content (AvgIpc) is 3.24. The van der Waals surface area contributed by atoms with Crippen LogP contribution in [0, 0.1) is 33.6 Å². The van der Waals surface area contributed by atoms with Gasteiger partial charge in [-0.05, 0) is 87.4 Å². The lowest BCUT2D eigenvalue weighted by Crippen LogP contribution is -2.41. The molecule has 0 unspecified atom stereocenters. The van der Waals surface area contributed by atoms with Gasteiger partial charge in [-0.25, -0.2) is 8.42 Å². The topological polar surface area (TPSA) is 86.8 Å². The molecule has 0 bridgehead atoms. The van der Waals surface area contributed by atoms with E-state index in [0.717, 1.165) is 34.4 Å². The second-order valence-electron chi connectivity index (χ2n) is 9.46. The molecule has 7 nitrogen and oxygen atoms in total. The van der Waals surface area contributed by atoms with E-state index in [-0.39, 0.29) is 17.7 Å². The first-order chi connectivity index (χ1) is 16.1. The summed E-state index contributed by atoms with van der Waals surface area (Å²) in [5, 5.41) is 2.96. The number of hydrogen-bond acceptors (Lipinski definition) is 4. The van der Waals surface area contributed by atoms with E-state index in [9.17, 15) is 18.0 Å². The number of nitrogens with zero attached hydrogens (tertiary/aromatic N) is 2. The van der Waals surface area contributed by atoms with Gasteiger partial charge in [0.15, 0.2) is 0 Å². The van der Waals surface area contributed by atoms with Crippen LogP contribution in [-0.2, 0) is 19.6 Å². The molecule has 2 heterocycles. The number of hydrogen-bond donors (Lipinski definition) is 1. The quantitative estimate of drug-likeness (QED) is 0.694. The van der Waals surface area contributed by atoms with Crippen LogP contribution in [0.15, 0.2) is 35.2 Å². The first kappa shape index (κ1) is 24.4. The van der Waals surface area contributed by atoms with E-state index in [2.05, 4.69) is 5.32 Å². The average molecular weight is 484 g/mol. The van der Waals surface area contributed by atoms with Crippen molar-refractivity contribution < 1.29 is 18.0 Å². The number of piperidine rings is 1. The molecule has 8 heteroatoms. The lowest BCUT2D eigenvalue weighted by molar-refractivity contribution is -0.121. The van der Waals surface area contributed by atoms with Crippen molar-refractivity contribution in [2.45, 2.75) is 58.3 Å². The van der Waals surface area contributed by atoms with Gasteiger partial charge in [0.2, 0.25) is 21.8 Å². The predicted molar refractivity (Wildman–Crippen MR) is 134 cm³/mol. The molecular weight excluding hydrogens is 450 g/mol. The van der Waals surface area contributed by atoms with Gasteiger partial charge in [-0.1, -0.05) is 12.1 Å². The van der Waals surface area contributed by atoms with Gasteiger partial charge < -0.3 is 10.2 Å². The Morgan fingerprint density at radius 1 is 0.971 bits per heavy atom. The Bertz CT molecular complexity index is 1200. The third-order valence-corrected chi connectivity index (χ3v) is 9.39. The summed E-state index contributed by atoms with van der Waals surface area (Å²) in [6.07, 6.45) is 2.34. The zero-order valence-corrected chi connectivity index (χ0v) is 21.2. The van der Waals surface area contributed by atoms with Gasteiger partial charge in [0.1, 0.15) is 0 Å². The third kappa shape index (κ3) is 4.61. The van der Waals surface area contributed by atoms with Gasteiger partial charge >= 0.3 is 0 Å². The molecule has 2 aliphatic rings. The fourth-order valence-electron chi connectivity index (χ4n) is 4.97. The Labute approximate surface area is 202 Å². The number of amides is 2. The fraction of sp³-hybridized carbons (Fsp3) is 0.462. The number of nitrogens with one attached hydrogen (secondary N) is 1. The summed E-state index contributed by atoms with van der Waals surface area (Å²) in [6, 6.07) is 9.37. The molecule has 34 heavy (non-hydrogen) atoms. The van der Waals surface area contributed by atoms with Crippen LogP contribution in [0.3, 0.4) is 0 Å². The zero-order chi connectivity index (χ0) is 24.6. The first-order valence-electron chi connectivity index (χ1n) is 11.9. The maximum absolute atomic E-state index is 13.5. The summed E-state index contributed by atoms with van der Waals surface area (Å²) >= 11 is 0. The number of rotatable bonds is 5. The summed E-state index contributed by atoms with van der Waals surface area (Å²) in [6.45, 7) is 8.92. The number of aryl methyl sites for hydroxylation is 2. The van der Waals surface area contributed by atoms with E-state index in [1.165, 1.54) is 4.31 Å². The fourth-order valence-corrected chi connectivity index (χ4v) is 7.02. The summed E-state index contributed by atoms with van der Waals surface area (Å²) in [4.78, 5) is 27.1. The molecule has 0 saturated carbocycles. The van der Waals surface area contributed by atoms with Crippen LogP contribution in [0.25, 0.3) is 0 Å². The minimum Gasteiger partial charge on any atom is -0.326 e. The minimum absolute atomic E-state index is 0.103. The van der Waals surface area contributed by atoms with Crippen LogP contribution in [0.1, 0.15) is 47.9 Å². The van der Waals surface area contributed by atoms with E-state index in [1.54, 1.807) is 4.90 Å². The highest BCUT2D eigenvalue weighted by molar-refractivity contribution is 7.89. The molecule has 2 fully saturated rings. The standard InChI is InChI=1S/C26H33N3O4S/c1-17-15-18(2)20(4)25(19(17)3)34(32,33)28-13-10-21(11-14-28)26(31)27-22-7-5-8-23(16-22)29-12-6-9-24(29)30/h5,7-8,15-16,21H,6,9-14H2,1-4H3,(H,27,31). The SMILES string of the molecule is Cc1cc(C)c(C)c(S(=O)(=O)N2CCC(C(=O)Nc3cccc(N4CCCC4=O)c3)CC2)c1C. The first-order valence-corrected chi connectivity index (χ1v) is 13.3.